The summed E-state index contributed by atoms with van der Waals surface area (Å²) in [6.07, 6.45) is 0.797. The van der Waals surface area contributed by atoms with E-state index in [1.807, 2.05) is 11.4 Å². The van der Waals surface area contributed by atoms with E-state index in [1.54, 1.807) is 35.2 Å². The maximum Gasteiger partial charge on any atom is 0.338 e. The summed E-state index contributed by atoms with van der Waals surface area (Å²) in [5.74, 6) is -1.04. The predicted octanol–water partition coefficient (Wildman–Crippen LogP) is 2.46. The number of hydrogen-bond acceptors (Lipinski definition) is 7. The summed E-state index contributed by atoms with van der Waals surface area (Å²) in [4.78, 5) is 39.7. The number of hydrogen-bond donors (Lipinski definition) is 0. The van der Waals surface area contributed by atoms with Gasteiger partial charge in [-0.15, -0.1) is 11.3 Å². The summed E-state index contributed by atoms with van der Waals surface area (Å²) in [6, 6.07) is 6.10. The van der Waals surface area contributed by atoms with Crippen molar-refractivity contribution in [2.45, 2.75) is 13.0 Å². The van der Waals surface area contributed by atoms with Gasteiger partial charge in [0.15, 0.2) is 6.61 Å². The van der Waals surface area contributed by atoms with Gasteiger partial charge in [-0.2, -0.15) is 0 Å². The van der Waals surface area contributed by atoms with E-state index in [0.29, 0.717) is 18.8 Å². The second kappa shape index (κ2) is 7.75. The van der Waals surface area contributed by atoms with Crippen molar-refractivity contribution in [2.24, 2.45) is 0 Å². The third-order valence-corrected chi connectivity index (χ3v) is 5.40. The third-order valence-electron chi connectivity index (χ3n) is 4.38. The second-order valence-corrected chi connectivity index (χ2v) is 7.37. The number of fused-ring (bicyclic) bond motifs is 1. The molecule has 0 atom stereocenters. The molecule has 9 heteroatoms. The van der Waals surface area contributed by atoms with Gasteiger partial charge < -0.3 is 14.5 Å². The Kier molecular flexibility index (Phi) is 5.41. The Labute approximate surface area is 160 Å². The number of amides is 1. The first kappa shape index (κ1) is 18.8. The van der Waals surface area contributed by atoms with Gasteiger partial charge in [0, 0.05) is 38.1 Å². The monoisotopic (exact) mass is 389 g/mol. The Hall–Kier alpha value is -2.94. The van der Waals surface area contributed by atoms with Gasteiger partial charge in [-0.25, -0.2) is 4.79 Å². The summed E-state index contributed by atoms with van der Waals surface area (Å²) in [5, 5.41) is 13.2. The molecule has 142 valence electrons. The minimum absolute atomic E-state index is 0.0406. The lowest BCUT2D eigenvalue weighted by Crippen LogP contribution is -2.38. The number of anilines is 1. The number of carbonyl (C=O) groups excluding carboxylic acids is 2. The van der Waals surface area contributed by atoms with Gasteiger partial charge in [-0.1, -0.05) is 0 Å². The number of nitro benzene ring substituents is 1. The molecule has 0 saturated carbocycles. The minimum Gasteiger partial charge on any atom is -0.452 e. The molecule has 0 saturated heterocycles. The van der Waals surface area contributed by atoms with Crippen LogP contribution in [-0.4, -0.2) is 48.9 Å². The van der Waals surface area contributed by atoms with E-state index in [-0.39, 0.29) is 23.8 Å². The van der Waals surface area contributed by atoms with E-state index in [4.69, 9.17) is 4.74 Å². The van der Waals surface area contributed by atoms with Crippen molar-refractivity contribution in [2.75, 3.05) is 32.1 Å². The van der Waals surface area contributed by atoms with Crippen LogP contribution in [0.3, 0.4) is 0 Å². The zero-order chi connectivity index (χ0) is 19.6. The van der Waals surface area contributed by atoms with Crippen LogP contribution in [0.15, 0.2) is 29.6 Å². The minimum atomic E-state index is -0.759. The van der Waals surface area contributed by atoms with Crippen LogP contribution in [0, 0.1) is 10.1 Å². The van der Waals surface area contributed by atoms with E-state index in [2.05, 4.69) is 0 Å². The van der Waals surface area contributed by atoms with Crippen LogP contribution in [0.5, 0.6) is 0 Å². The molecule has 27 heavy (non-hydrogen) atoms. The summed E-state index contributed by atoms with van der Waals surface area (Å²) >= 11 is 1.68. The van der Waals surface area contributed by atoms with Crippen LogP contribution >= 0.6 is 11.3 Å². The average molecular weight is 389 g/mol. The molecule has 8 nitrogen and oxygen atoms in total. The third kappa shape index (κ3) is 4.08. The first-order valence-electron chi connectivity index (χ1n) is 8.32. The molecule has 0 N–H and O–H groups in total. The van der Waals surface area contributed by atoms with Crippen LogP contribution in [0.2, 0.25) is 0 Å². The second-order valence-electron chi connectivity index (χ2n) is 6.37. The molecule has 3 rings (SSSR count). The number of nitrogens with zero attached hydrogens (tertiary/aromatic N) is 3. The highest BCUT2D eigenvalue weighted by Gasteiger charge is 2.24. The molecule has 2 aromatic rings. The normalized spacial score (nSPS) is 13.0. The lowest BCUT2D eigenvalue weighted by Gasteiger charge is -2.26. The Morgan fingerprint density at radius 1 is 1.33 bits per heavy atom. The molecule has 1 aromatic carbocycles. The van der Waals surface area contributed by atoms with Crippen molar-refractivity contribution in [3.8, 4) is 0 Å². The molecule has 0 spiro atoms. The number of esters is 1. The molecule has 2 heterocycles. The van der Waals surface area contributed by atoms with Gasteiger partial charge in [-0.05, 0) is 35.6 Å². The number of carbonyl (C=O) groups is 2. The first-order chi connectivity index (χ1) is 12.9. The fourth-order valence-corrected chi connectivity index (χ4v) is 3.83. The van der Waals surface area contributed by atoms with Crippen molar-refractivity contribution in [3.63, 3.8) is 0 Å². The van der Waals surface area contributed by atoms with Crippen LogP contribution in [0.4, 0.5) is 11.4 Å². The van der Waals surface area contributed by atoms with Gasteiger partial charge in [0.05, 0.1) is 10.5 Å². The quantitative estimate of drug-likeness (QED) is 0.443. The fourth-order valence-electron chi connectivity index (χ4n) is 2.94. The maximum atomic E-state index is 12.3. The van der Waals surface area contributed by atoms with Gasteiger partial charge >= 0.3 is 5.97 Å². The summed E-state index contributed by atoms with van der Waals surface area (Å²) < 4.78 is 5.08. The lowest BCUT2D eigenvalue weighted by molar-refractivity contribution is -0.384. The smallest absolute Gasteiger partial charge is 0.338 e. The van der Waals surface area contributed by atoms with E-state index in [9.17, 15) is 19.7 Å². The van der Waals surface area contributed by atoms with Crippen molar-refractivity contribution in [1.82, 2.24) is 4.90 Å². The number of nitro groups is 1. The molecule has 0 aliphatic carbocycles. The van der Waals surface area contributed by atoms with Crippen LogP contribution < -0.4 is 4.90 Å². The molecule has 0 unspecified atom stereocenters. The molecule has 0 fully saturated rings. The molecule has 1 aliphatic rings. The Balaban J connectivity index is 1.63. The Morgan fingerprint density at radius 2 is 2.11 bits per heavy atom. The molecular formula is C18H19N3O5S. The molecule has 0 radical (unpaired) electrons. The first-order valence-corrected chi connectivity index (χ1v) is 9.20. The largest absolute Gasteiger partial charge is 0.452 e. The van der Waals surface area contributed by atoms with E-state index in [0.717, 1.165) is 12.0 Å². The average Bonchev–Trinajstić information content (AvgIpc) is 3.12. The highest BCUT2D eigenvalue weighted by molar-refractivity contribution is 7.10. The highest BCUT2D eigenvalue weighted by Crippen LogP contribution is 2.28. The van der Waals surface area contributed by atoms with E-state index in [1.165, 1.54) is 23.1 Å². The predicted molar refractivity (Wildman–Crippen MR) is 101 cm³/mol. The SMILES string of the molecule is CN(C)c1ccc(C(=O)OCC(=O)N2CCc3sccc3C2)cc1[N+](=O)[O-]. The van der Waals surface area contributed by atoms with Crippen molar-refractivity contribution >= 4 is 34.6 Å². The molecule has 1 aromatic heterocycles. The van der Waals surface area contributed by atoms with Crippen LogP contribution in [0.1, 0.15) is 20.8 Å². The number of thiophene rings is 1. The molecule has 1 amide bonds. The number of benzene rings is 1. The Morgan fingerprint density at radius 3 is 2.81 bits per heavy atom. The summed E-state index contributed by atoms with van der Waals surface area (Å²) in [6.45, 7) is 0.715. The van der Waals surface area contributed by atoms with Crippen molar-refractivity contribution in [1.29, 1.82) is 0 Å². The van der Waals surface area contributed by atoms with Gasteiger partial charge in [-0.3, -0.25) is 14.9 Å². The lowest BCUT2D eigenvalue weighted by atomic mass is 10.1. The van der Waals surface area contributed by atoms with E-state index >= 15 is 0 Å². The fraction of sp³-hybridized carbons (Fsp3) is 0.333. The highest BCUT2D eigenvalue weighted by atomic mass is 32.1. The summed E-state index contributed by atoms with van der Waals surface area (Å²) in [7, 11) is 3.35. The molecule has 1 aliphatic heterocycles. The van der Waals surface area contributed by atoms with Gasteiger partial charge in [0.2, 0.25) is 0 Å². The zero-order valence-electron chi connectivity index (χ0n) is 15.0. The van der Waals surface area contributed by atoms with Crippen LogP contribution in [0.25, 0.3) is 0 Å². The van der Waals surface area contributed by atoms with Crippen LogP contribution in [-0.2, 0) is 22.5 Å². The molecule has 0 bridgehead atoms. The van der Waals surface area contributed by atoms with Gasteiger partial charge in [0.1, 0.15) is 5.69 Å². The van der Waals surface area contributed by atoms with Gasteiger partial charge in [0.25, 0.3) is 11.6 Å². The topological polar surface area (TPSA) is 93.0 Å². The maximum absolute atomic E-state index is 12.3. The zero-order valence-corrected chi connectivity index (χ0v) is 15.8. The van der Waals surface area contributed by atoms with Crippen molar-refractivity contribution in [3.05, 3.63) is 55.8 Å². The summed E-state index contributed by atoms with van der Waals surface area (Å²) in [5.41, 5.74) is 1.36. The van der Waals surface area contributed by atoms with Crippen molar-refractivity contribution < 1.29 is 19.2 Å². The standard InChI is InChI=1S/C18H19N3O5S/c1-19(2)14-4-3-12(9-15(14)21(24)25)18(23)26-11-17(22)20-7-5-16-13(10-20)6-8-27-16/h3-4,6,8-9H,5,7,10-11H2,1-2H3. The number of ether oxygens (including phenoxy) is 1. The Bertz CT molecular complexity index is 893. The molecular weight excluding hydrogens is 370 g/mol. The van der Waals surface area contributed by atoms with E-state index < -0.39 is 10.9 Å². The number of rotatable bonds is 5.